The van der Waals surface area contributed by atoms with Crippen LogP contribution in [0.15, 0.2) is 30.3 Å². The Kier molecular flexibility index (Phi) is 6.43. The molecule has 0 unspecified atom stereocenters. The molecule has 0 spiro atoms. The molecular weight excluding hydrogens is 336 g/mol. The highest BCUT2D eigenvalue weighted by atomic mass is 35.5. The molecule has 130 valence electrons. The second kappa shape index (κ2) is 8.54. The van der Waals surface area contributed by atoms with Gasteiger partial charge in [0, 0.05) is 13.1 Å². The van der Waals surface area contributed by atoms with Crippen LogP contribution in [0.3, 0.4) is 0 Å². The third-order valence-corrected chi connectivity index (χ3v) is 3.99. The van der Waals surface area contributed by atoms with Crippen LogP contribution in [0.25, 0.3) is 0 Å². The minimum absolute atomic E-state index is 0.0403. The smallest absolute Gasteiger partial charge is 0.410 e. The summed E-state index contributed by atoms with van der Waals surface area (Å²) in [5.41, 5.74) is 0.844. The molecule has 0 radical (unpaired) electrons. The Morgan fingerprint density at radius 3 is 2.54 bits per heavy atom. The fourth-order valence-corrected chi connectivity index (χ4v) is 2.62. The van der Waals surface area contributed by atoms with Crippen molar-refractivity contribution in [2.45, 2.75) is 12.6 Å². The quantitative estimate of drug-likeness (QED) is 0.601. The number of nitrogens with zero attached hydrogens (tertiary/aromatic N) is 2. The van der Waals surface area contributed by atoms with Gasteiger partial charge in [0.2, 0.25) is 5.91 Å². The number of ether oxygens (including phenoxy) is 2. The second-order valence-electron chi connectivity index (χ2n) is 5.25. The number of benzene rings is 1. The van der Waals surface area contributed by atoms with Crippen molar-refractivity contribution in [3.63, 3.8) is 0 Å². The van der Waals surface area contributed by atoms with Crippen molar-refractivity contribution in [2.24, 2.45) is 0 Å². The molecule has 1 aromatic carbocycles. The zero-order chi connectivity index (χ0) is 17.5. The van der Waals surface area contributed by atoms with Gasteiger partial charge < -0.3 is 14.4 Å². The van der Waals surface area contributed by atoms with Crippen LogP contribution in [0.5, 0.6) is 0 Å². The number of halogens is 1. The van der Waals surface area contributed by atoms with Crippen LogP contribution in [0.2, 0.25) is 0 Å². The number of carbonyl (C=O) groups excluding carboxylic acids is 3. The van der Waals surface area contributed by atoms with Gasteiger partial charge in [-0.2, -0.15) is 0 Å². The van der Waals surface area contributed by atoms with E-state index >= 15 is 0 Å². The number of piperazine rings is 1. The van der Waals surface area contributed by atoms with E-state index in [-0.39, 0.29) is 31.5 Å². The van der Waals surface area contributed by atoms with Crippen molar-refractivity contribution < 1.29 is 23.9 Å². The fraction of sp³-hybridized carbons (Fsp3) is 0.438. The minimum Gasteiger partial charge on any atom is -0.467 e. The predicted octanol–water partition coefficient (Wildman–Crippen LogP) is 1.25. The highest BCUT2D eigenvalue weighted by molar-refractivity contribution is 6.27. The highest BCUT2D eigenvalue weighted by Crippen LogP contribution is 2.14. The first-order valence-corrected chi connectivity index (χ1v) is 7.99. The van der Waals surface area contributed by atoms with Crippen LogP contribution in [-0.2, 0) is 25.7 Å². The lowest BCUT2D eigenvalue weighted by atomic mass is 10.1. The number of hydrogen-bond acceptors (Lipinski definition) is 5. The summed E-state index contributed by atoms with van der Waals surface area (Å²) in [5.74, 6) is -1.06. The van der Waals surface area contributed by atoms with Gasteiger partial charge in [-0.15, -0.1) is 11.6 Å². The number of alkyl halides is 1. The summed E-state index contributed by atoms with van der Waals surface area (Å²) >= 11 is 5.55. The molecule has 0 aliphatic carbocycles. The minimum atomic E-state index is -0.904. The number of carbonyl (C=O) groups is 3. The van der Waals surface area contributed by atoms with Gasteiger partial charge in [-0.25, -0.2) is 9.59 Å². The maximum atomic E-state index is 12.3. The largest absolute Gasteiger partial charge is 0.467 e. The van der Waals surface area contributed by atoms with E-state index in [1.807, 2.05) is 30.3 Å². The van der Waals surface area contributed by atoms with Crippen molar-refractivity contribution >= 4 is 29.6 Å². The molecule has 7 nitrogen and oxygen atoms in total. The predicted molar refractivity (Wildman–Crippen MR) is 86.4 cm³/mol. The average Bonchev–Trinajstić information content (AvgIpc) is 2.65. The molecule has 1 aliphatic rings. The topological polar surface area (TPSA) is 76.2 Å². The van der Waals surface area contributed by atoms with Crippen LogP contribution in [0.4, 0.5) is 4.79 Å². The van der Waals surface area contributed by atoms with Crippen molar-refractivity contribution in [3.05, 3.63) is 35.9 Å². The lowest BCUT2D eigenvalue weighted by Gasteiger charge is -2.38. The lowest BCUT2D eigenvalue weighted by Crippen LogP contribution is -2.59. The van der Waals surface area contributed by atoms with Gasteiger partial charge >= 0.3 is 12.1 Å². The maximum absolute atomic E-state index is 12.3. The summed E-state index contributed by atoms with van der Waals surface area (Å²) in [4.78, 5) is 38.7. The van der Waals surface area contributed by atoms with E-state index in [1.54, 1.807) is 0 Å². The summed E-state index contributed by atoms with van der Waals surface area (Å²) in [6, 6.07) is 8.32. The molecule has 1 heterocycles. The van der Waals surface area contributed by atoms with Crippen LogP contribution in [0.1, 0.15) is 5.56 Å². The average molecular weight is 355 g/mol. The first-order valence-electron chi connectivity index (χ1n) is 7.45. The number of methoxy groups -OCH3 is 1. The van der Waals surface area contributed by atoms with Crippen LogP contribution < -0.4 is 0 Å². The summed E-state index contributed by atoms with van der Waals surface area (Å²) in [6.45, 7) is 0.614. The molecule has 0 saturated carbocycles. The molecule has 0 N–H and O–H groups in total. The Hall–Kier alpha value is -2.28. The second-order valence-corrected chi connectivity index (χ2v) is 5.51. The lowest BCUT2D eigenvalue weighted by molar-refractivity contribution is -0.150. The maximum Gasteiger partial charge on any atom is 0.410 e. The number of amides is 2. The van der Waals surface area contributed by atoms with E-state index in [1.165, 1.54) is 16.9 Å². The molecule has 8 heteroatoms. The van der Waals surface area contributed by atoms with E-state index in [0.29, 0.717) is 6.54 Å². The summed E-state index contributed by atoms with van der Waals surface area (Å²) in [7, 11) is 1.23. The Bertz CT molecular complexity index is 595. The third-order valence-electron chi connectivity index (χ3n) is 3.76. The third kappa shape index (κ3) is 4.38. The summed E-state index contributed by atoms with van der Waals surface area (Å²) < 4.78 is 10.00. The molecule has 1 aliphatic heterocycles. The number of rotatable bonds is 4. The Morgan fingerprint density at radius 1 is 1.21 bits per heavy atom. The molecule has 1 fully saturated rings. The summed E-state index contributed by atoms with van der Waals surface area (Å²) in [5, 5.41) is 0. The Labute approximate surface area is 145 Å². The van der Waals surface area contributed by atoms with Gasteiger partial charge in [0.1, 0.15) is 12.5 Å². The Balaban J connectivity index is 2.02. The van der Waals surface area contributed by atoms with E-state index in [0.717, 1.165) is 5.56 Å². The molecule has 0 bridgehead atoms. The SMILES string of the molecule is COC(=O)[C@H]1CN(C(=O)CCl)CCN1C(=O)OCc1ccccc1. The zero-order valence-electron chi connectivity index (χ0n) is 13.3. The molecule has 24 heavy (non-hydrogen) atoms. The highest BCUT2D eigenvalue weighted by Gasteiger charge is 2.38. The first kappa shape index (κ1) is 18.1. The monoisotopic (exact) mass is 354 g/mol. The van der Waals surface area contributed by atoms with Crippen molar-refractivity contribution in [3.8, 4) is 0 Å². The van der Waals surface area contributed by atoms with E-state index in [9.17, 15) is 14.4 Å². The number of hydrogen-bond donors (Lipinski definition) is 0. The molecule has 2 rings (SSSR count). The van der Waals surface area contributed by atoms with Crippen molar-refractivity contribution in [1.29, 1.82) is 0 Å². The van der Waals surface area contributed by atoms with Crippen molar-refractivity contribution in [2.75, 3.05) is 32.6 Å². The van der Waals surface area contributed by atoms with Gasteiger partial charge in [0.15, 0.2) is 6.04 Å². The molecule has 1 atom stereocenters. The zero-order valence-corrected chi connectivity index (χ0v) is 14.1. The van der Waals surface area contributed by atoms with E-state index < -0.39 is 18.1 Å². The van der Waals surface area contributed by atoms with Gasteiger partial charge in [0.25, 0.3) is 0 Å². The number of esters is 1. The fourth-order valence-electron chi connectivity index (χ4n) is 2.45. The van der Waals surface area contributed by atoms with Gasteiger partial charge in [-0.05, 0) is 5.56 Å². The van der Waals surface area contributed by atoms with Gasteiger partial charge in [0.05, 0.1) is 13.7 Å². The van der Waals surface area contributed by atoms with Crippen molar-refractivity contribution in [1.82, 2.24) is 9.80 Å². The normalized spacial score (nSPS) is 17.3. The molecule has 1 saturated heterocycles. The molecule has 0 aromatic heterocycles. The van der Waals surface area contributed by atoms with Gasteiger partial charge in [-0.3, -0.25) is 9.69 Å². The first-order chi connectivity index (χ1) is 11.6. The molecular formula is C16H19ClN2O5. The van der Waals surface area contributed by atoms with Gasteiger partial charge in [-0.1, -0.05) is 30.3 Å². The van der Waals surface area contributed by atoms with E-state index in [2.05, 4.69) is 0 Å². The standard InChI is InChI=1S/C16H19ClN2O5/c1-23-15(21)13-10-18(14(20)9-17)7-8-19(13)16(22)24-11-12-5-3-2-4-6-12/h2-6,13H,7-11H2,1H3/t13-/m1/s1. The molecule has 2 amide bonds. The van der Waals surface area contributed by atoms with E-state index in [4.69, 9.17) is 21.1 Å². The van der Waals surface area contributed by atoms with Crippen LogP contribution in [0, 0.1) is 0 Å². The van der Waals surface area contributed by atoms with Crippen LogP contribution in [-0.4, -0.2) is 66.4 Å². The molecule has 1 aromatic rings. The summed E-state index contributed by atoms with van der Waals surface area (Å²) in [6.07, 6.45) is -0.618. The van der Waals surface area contributed by atoms with Crippen LogP contribution >= 0.6 is 11.6 Å². The Morgan fingerprint density at radius 2 is 1.92 bits per heavy atom.